The Hall–Kier alpha value is -3.63. The third-order valence-corrected chi connectivity index (χ3v) is 6.55. The van der Waals surface area contributed by atoms with Crippen LogP contribution < -0.4 is 0 Å². The molecule has 0 amide bonds. The van der Waals surface area contributed by atoms with Gasteiger partial charge in [0.05, 0.1) is 12.8 Å². The Balaban J connectivity index is 1.85. The summed E-state index contributed by atoms with van der Waals surface area (Å²) in [6.07, 6.45) is 0. The molecule has 31 heavy (non-hydrogen) atoms. The molecule has 4 heteroatoms. The van der Waals surface area contributed by atoms with Gasteiger partial charge in [-0.25, -0.2) is 4.79 Å². The van der Waals surface area contributed by atoms with Crippen molar-refractivity contribution in [2.75, 3.05) is 7.11 Å². The maximum absolute atomic E-state index is 12.3. The first-order valence-electron chi connectivity index (χ1n) is 10.2. The maximum Gasteiger partial charge on any atom is 0.348 e. The number of hydrogen-bond acceptors (Lipinski definition) is 3. The molecule has 0 aliphatic carbocycles. The highest BCUT2D eigenvalue weighted by Crippen LogP contribution is 2.44. The van der Waals surface area contributed by atoms with Gasteiger partial charge in [0.15, 0.2) is 0 Å². The van der Waals surface area contributed by atoms with Crippen molar-refractivity contribution >= 4 is 27.5 Å². The molecule has 0 aliphatic rings. The fourth-order valence-electron chi connectivity index (χ4n) is 4.04. The van der Waals surface area contributed by atoms with Crippen LogP contribution in [0.25, 0.3) is 32.6 Å². The van der Waals surface area contributed by atoms with E-state index in [-0.39, 0.29) is 5.97 Å². The summed E-state index contributed by atoms with van der Waals surface area (Å²) in [4.78, 5) is 14.0. The summed E-state index contributed by atoms with van der Waals surface area (Å²) >= 11 is 1.49. The Morgan fingerprint density at radius 2 is 1.42 bits per heavy atom. The number of rotatable bonds is 5. The van der Waals surface area contributed by atoms with E-state index in [1.54, 1.807) is 0 Å². The lowest BCUT2D eigenvalue weighted by atomic mass is 9.99. The average molecular weight is 424 g/mol. The summed E-state index contributed by atoms with van der Waals surface area (Å²) in [6.45, 7) is 0.718. The Bertz CT molecular complexity index is 1340. The molecule has 0 fully saturated rings. The lowest BCUT2D eigenvalue weighted by Gasteiger charge is -2.13. The van der Waals surface area contributed by atoms with E-state index in [0.717, 1.165) is 39.1 Å². The Morgan fingerprint density at radius 3 is 2.03 bits per heavy atom. The second-order valence-corrected chi connectivity index (χ2v) is 8.38. The van der Waals surface area contributed by atoms with Crippen LogP contribution in [-0.2, 0) is 11.3 Å². The van der Waals surface area contributed by atoms with Gasteiger partial charge in [-0.1, -0.05) is 91.0 Å². The lowest BCUT2D eigenvalue weighted by Crippen LogP contribution is -2.02. The molecule has 0 aliphatic heterocycles. The molecule has 2 heterocycles. The highest BCUT2D eigenvalue weighted by atomic mass is 32.1. The van der Waals surface area contributed by atoms with Crippen molar-refractivity contribution < 1.29 is 9.53 Å². The van der Waals surface area contributed by atoms with Crippen molar-refractivity contribution in [3.63, 3.8) is 0 Å². The van der Waals surface area contributed by atoms with Crippen LogP contribution >= 0.6 is 11.3 Å². The van der Waals surface area contributed by atoms with Crippen LogP contribution in [0, 0.1) is 0 Å². The normalized spacial score (nSPS) is 11.0. The number of benzene rings is 3. The summed E-state index contributed by atoms with van der Waals surface area (Å²) in [6, 6.07) is 33.3. The molecule has 0 saturated heterocycles. The van der Waals surface area contributed by atoms with Crippen molar-refractivity contribution in [3.8, 4) is 22.4 Å². The third kappa shape index (κ3) is 3.56. The van der Waals surface area contributed by atoms with E-state index in [9.17, 15) is 4.79 Å². The lowest BCUT2D eigenvalue weighted by molar-refractivity contribution is 0.0606. The number of carbonyl (C=O) groups is 1. The minimum atomic E-state index is -0.298. The van der Waals surface area contributed by atoms with Gasteiger partial charge in [0.1, 0.15) is 9.71 Å². The van der Waals surface area contributed by atoms with Crippen molar-refractivity contribution in [2.45, 2.75) is 6.54 Å². The van der Waals surface area contributed by atoms with Gasteiger partial charge in [-0.3, -0.25) is 0 Å². The van der Waals surface area contributed by atoms with Gasteiger partial charge < -0.3 is 9.30 Å². The first-order valence-corrected chi connectivity index (χ1v) is 11.0. The number of nitrogens with zero attached hydrogens (tertiary/aromatic N) is 1. The van der Waals surface area contributed by atoms with Gasteiger partial charge in [0.2, 0.25) is 0 Å². The van der Waals surface area contributed by atoms with Crippen LogP contribution in [0.3, 0.4) is 0 Å². The van der Waals surface area contributed by atoms with Gasteiger partial charge in [0, 0.05) is 17.5 Å². The molecule has 3 nitrogen and oxygen atoms in total. The van der Waals surface area contributed by atoms with Crippen molar-refractivity contribution in [3.05, 3.63) is 108 Å². The number of hydrogen-bond donors (Lipinski definition) is 0. The molecule has 0 N–H and O–H groups in total. The summed E-state index contributed by atoms with van der Waals surface area (Å²) in [5.74, 6) is -0.298. The smallest absolute Gasteiger partial charge is 0.348 e. The molecule has 0 saturated carbocycles. The molecule has 0 unspecified atom stereocenters. The first kappa shape index (κ1) is 19.3. The summed E-state index contributed by atoms with van der Waals surface area (Å²) in [7, 11) is 1.43. The SMILES string of the molecule is COC(=O)c1cc2c(-c3ccccc3)c(-c3ccccc3)n(Cc3ccccc3)c2s1. The number of aromatic nitrogens is 1. The van der Waals surface area contributed by atoms with Gasteiger partial charge in [-0.15, -0.1) is 11.3 Å². The fourth-order valence-corrected chi connectivity index (χ4v) is 5.13. The molecule has 5 aromatic rings. The second kappa shape index (κ2) is 8.25. The highest BCUT2D eigenvalue weighted by Gasteiger charge is 2.24. The molecule has 5 rings (SSSR count). The van der Waals surface area contributed by atoms with E-state index in [4.69, 9.17) is 4.74 Å². The van der Waals surface area contributed by atoms with E-state index in [2.05, 4.69) is 77.4 Å². The zero-order valence-corrected chi connectivity index (χ0v) is 17.9. The third-order valence-electron chi connectivity index (χ3n) is 5.41. The average Bonchev–Trinajstić information content (AvgIpc) is 3.38. The molecule has 0 spiro atoms. The van der Waals surface area contributed by atoms with Crippen molar-refractivity contribution in [1.29, 1.82) is 0 Å². The van der Waals surface area contributed by atoms with Gasteiger partial charge in [-0.05, 0) is 22.8 Å². The zero-order chi connectivity index (χ0) is 21.2. The van der Waals surface area contributed by atoms with E-state index in [1.165, 1.54) is 24.0 Å². The molecule has 2 aromatic heterocycles. The van der Waals surface area contributed by atoms with Crippen LogP contribution in [0.15, 0.2) is 97.1 Å². The quantitative estimate of drug-likeness (QED) is 0.289. The summed E-state index contributed by atoms with van der Waals surface area (Å²) < 4.78 is 7.35. The first-order chi connectivity index (χ1) is 15.3. The van der Waals surface area contributed by atoms with E-state index < -0.39 is 0 Å². The highest BCUT2D eigenvalue weighted by molar-refractivity contribution is 7.20. The molecule has 152 valence electrons. The van der Waals surface area contributed by atoms with Crippen LogP contribution in [0.2, 0.25) is 0 Å². The fraction of sp³-hybridized carbons (Fsp3) is 0.0741. The van der Waals surface area contributed by atoms with Gasteiger partial charge in [-0.2, -0.15) is 0 Å². The number of thiophene rings is 1. The maximum atomic E-state index is 12.3. The number of fused-ring (bicyclic) bond motifs is 1. The number of methoxy groups -OCH3 is 1. The van der Waals surface area contributed by atoms with Crippen molar-refractivity contribution in [2.24, 2.45) is 0 Å². The number of ether oxygens (including phenoxy) is 1. The predicted octanol–water partition coefficient (Wildman–Crippen LogP) is 6.87. The van der Waals surface area contributed by atoms with E-state index in [1.807, 2.05) is 24.3 Å². The van der Waals surface area contributed by atoms with E-state index >= 15 is 0 Å². The molecule has 3 aromatic carbocycles. The molecule has 0 atom stereocenters. The molecule has 0 radical (unpaired) electrons. The topological polar surface area (TPSA) is 31.2 Å². The molecular formula is C27H21NO2S. The monoisotopic (exact) mass is 423 g/mol. The Morgan fingerprint density at radius 1 is 0.839 bits per heavy atom. The second-order valence-electron chi connectivity index (χ2n) is 7.35. The minimum absolute atomic E-state index is 0.298. The van der Waals surface area contributed by atoms with Gasteiger partial charge >= 0.3 is 5.97 Å². The standard InChI is InChI=1S/C27H21NO2S/c1-30-27(29)23-17-22-24(20-13-7-3-8-14-20)25(21-15-9-4-10-16-21)28(26(22)31-23)18-19-11-5-2-6-12-19/h2-17H,18H2,1H3. The van der Waals surface area contributed by atoms with E-state index in [0.29, 0.717) is 4.88 Å². The Labute approximate surface area is 185 Å². The Kier molecular flexibility index (Phi) is 5.14. The predicted molar refractivity (Wildman–Crippen MR) is 128 cm³/mol. The number of carbonyl (C=O) groups excluding carboxylic acids is 1. The van der Waals surface area contributed by atoms with Crippen LogP contribution in [-0.4, -0.2) is 17.6 Å². The van der Waals surface area contributed by atoms with Crippen LogP contribution in [0.5, 0.6) is 0 Å². The molecule has 0 bridgehead atoms. The summed E-state index contributed by atoms with van der Waals surface area (Å²) in [5, 5.41) is 1.08. The summed E-state index contributed by atoms with van der Waals surface area (Å²) in [5.41, 5.74) is 5.80. The van der Waals surface area contributed by atoms with Crippen LogP contribution in [0.4, 0.5) is 0 Å². The molecular weight excluding hydrogens is 402 g/mol. The number of esters is 1. The zero-order valence-electron chi connectivity index (χ0n) is 17.1. The minimum Gasteiger partial charge on any atom is -0.465 e. The van der Waals surface area contributed by atoms with Gasteiger partial charge in [0.25, 0.3) is 0 Å². The van der Waals surface area contributed by atoms with Crippen molar-refractivity contribution in [1.82, 2.24) is 4.57 Å². The largest absolute Gasteiger partial charge is 0.465 e. The van der Waals surface area contributed by atoms with Crippen LogP contribution in [0.1, 0.15) is 15.2 Å².